The highest BCUT2D eigenvalue weighted by Crippen LogP contribution is 2.21. The molecule has 3 aromatic rings. The van der Waals surface area contributed by atoms with Crippen molar-refractivity contribution in [1.82, 2.24) is 20.9 Å². The van der Waals surface area contributed by atoms with E-state index in [0.29, 0.717) is 12.2 Å². The van der Waals surface area contributed by atoms with Gasteiger partial charge in [-0.05, 0) is 61.3 Å². The van der Waals surface area contributed by atoms with Gasteiger partial charge in [0.1, 0.15) is 23.9 Å². The van der Waals surface area contributed by atoms with Crippen molar-refractivity contribution in [2.75, 3.05) is 14.1 Å². The number of nitrogens with one attached hydrogen (secondary N) is 3. The van der Waals surface area contributed by atoms with Crippen LogP contribution in [0.4, 0.5) is 0 Å². The van der Waals surface area contributed by atoms with E-state index in [2.05, 4.69) is 16.0 Å². The van der Waals surface area contributed by atoms with Crippen LogP contribution in [0.15, 0.2) is 91.1 Å². The summed E-state index contributed by atoms with van der Waals surface area (Å²) in [6, 6.07) is 24.1. The fourth-order valence-corrected chi connectivity index (χ4v) is 4.94. The van der Waals surface area contributed by atoms with E-state index >= 15 is 0 Å². The predicted octanol–water partition coefficient (Wildman–Crippen LogP) is 3.58. The number of likely N-dealkylation sites (N-methyl/N-ethyl adjacent to an activating group) is 1. The van der Waals surface area contributed by atoms with Crippen LogP contribution in [-0.2, 0) is 27.2 Å². The Morgan fingerprint density at radius 1 is 0.881 bits per heavy atom. The van der Waals surface area contributed by atoms with E-state index in [-0.39, 0.29) is 24.2 Å². The van der Waals surface area contributed by atoms with Crippen molar-refractivity contribution in [3.05, 3.63) is 108 Å². The molecular weight excluding hydrogens is 528 g/mol. The summed E-state index contributed by atoms with van der Waals surface area (Å²) in [5.74, 6) is -0.732. The first kappa shape index (κ1) is 30.5. The number of nitrogens with zero attached hydrogens (tertiary/aromatic N) is 1. The van der Waals surface area contributed by atoms with Gasteiger partial charge in [-0.3, -0.25) is 19.3 Å². The van der Waals surface area contributed by atoms with Gasteiger partial charge >= 0.3 is 0 Å². The summed E-state index contributed by atoms with van der Waals surface area (Å²) < 4.78 is 6.38. The highest BCUT2D eigenvalue weighted by Gasteiger charge is 2.37. The second kappa shape index (κ2) is 14.5. The highest BCUT2D eigenvalue weighted by molar-refractivity contribution is 5.94. The standard InChI is InChI=1S/C34H40N4O4/c1-23(2)31-30(37-33(40)29(38(3)4)22-26-13-9-6-10-14-26)34(41)36-28(21-25-11-7-5-8-12-25)32(39)35-20-19-24-15-17-27(42-31)18-16-24/h5-20,23,28-31H,21-22H2,1-4H3,(H,35,39)(H,36,41)(H,37,40)/b20-19-/t28-,29-,30-,31+/m0/s1. The fraction of sp³-hybridized carbons (Fsp3) is 0.324. The van der Waals surface area contributed by atoms with Gasteiger partial charge in [0.15, 0.2) is 0 Å². The maximum atomic E-state index is 14.1. The molecule has 0 radical (unpaired) electrons. The number of amides is 3. The van der Waals surface area contributed by atoms with Crippen LogP contribution in [0.1, 0.15) is 30.5 Å². The molecule has 8 nitrogen and oxygen atoms in total. The van der Waals surface area contributed by atoms with Crippen LogP contribution in [0.25, 0.3) is 6.08 Å². The van der Waals surface area contributed by atoms with Gasteiger partial charge in [-0.25, -0.2) is 0 Å². The molecule has 2 heterocycles. The normalized spacial score (nSPS) is 20.7. The Hall–Kier alpha value is -4.43. The lowest BCUT2D eigenvalue weighted by molar-refractivity contribution is -0.136. The third-order valence-corrected chi connectivity index (χ3v) is 7.33. The number of rotatable bonds is 8. The molecule has 4 atom stereocenters. The Morgan fingerprint density at radius 3 is 2.10 bits per heavy atom. The van der Waals surface area contributed by atoms with E-state index in [4.69, 9.17) is 4.74 Å². The van der Waals surface area contributed by atoms with Crippen LogP contribution >= 0.6 is 0 Å². The summed E-state index contributed by atoms with van der Waals surface area (Å²) in [7, 11) is 3.68. The van der Waals surface area contributed by atoms with Crippen LogP contribution in [0.2, 0.25) is 0 Å². The smallest absolute Gasteiger partial charge is 0.247 e. The van der Waals surface area contributed by atoms with E-state index in [1.807, 2.05) is 118 Å². The van der Waals surface area contributed by atoms with Crippen molar-refractivity contribution >= 4 is 23.8 Å². The number of benzene rings is 3. The third kappa shape index (κ3) is 8.30. The second-order valence-electron chi connectivity index (χ2n) is 11.1. The number of ether oxygens (including phenoxy) is 1. The Balaban J connectivity index is 1.69. The molecule has 0 aromatic heterocycles. The first-order valence-electron chi connectivity index (χ1n) is 14.3. The van der Waals surface area contributed by atoms with Crippen LogP contribution in [-0.4, -0.2) is 60.9 Å². The summed E-state index contributed by atoms with van der Waals surface area (Å²) >= 11 is 0. The molecule has 3 aromatic carbocycles. The quantitative estimate of drug-likeness (QED) is 0.386. The minimum Gasteiger partial charge on any atom is -0.487 e. The Labute approximate surface area is 248 Å². The second-order valence-corrected chi connectivity index (χ2v) is 11.1. The maximum Gasteiger partial charge on any atom is 0.247 e. The summed E-state index contributed by atoms with van der Waals surface area (Å²) in [6.07, 6.45) is 3.39. The molecule has 42 heavy (non-hydrogen) atoms. The van der Waals surface area contributed by atoms with Crippen LogP contribution in [0, 0.1) is 5.92 Å². The third-order valence-electron chi connectivity index (χ3n) is 7.33. The summed E-state index contributed by atoms with van der Waals surface area (Å²) in [6.45, 7) is 3.89. The molecular formula is C34H40N4O4. The van der Waals surface area contributed by atoms with E-state index in [1.54, 1.807) is 12.3 Å². The number of hydrogen-bond donors (Lipinski definition) is 3. The topological polar surface area (TPSA) is 99.8 Å². The van der Waals surface area contributed by atoms with Gasteiger partial charge in [-0.1, -0.05) is 86.6 Å². The fourth-order valence-electron chi connectivity index (χ4n) is 4.94. The molecule has 8 heteroatoms. The summed E-state index contributed by atoms with van der Waals surface area (Å²) in [5, 5.41) is 8.74. The van der Waals surface area contributed by atoms with Gasteiger partial charge < -0.3 is 20.7 Å². The van der Waals surface area contributed by atoms with Crippen molar-refractivity contribution < 1.29 is 19.1 Å². The van der Waals surface area contributed by atoms with Crippen molar-refractivity contribution in [3.8, 4) is 5.75 Å². The van der Waals surface area contributed by atoms with Crippen molar-refractivity contribution in [1.29, 1.82) is 0 Å². The SMILES string of the molecule is CC(C)[C@H]1Oc2ccc(cc2)/C=C\NC(=O)[C@H](Cc2ccccc2)NC(=O)[C@H]1NC(=O)[C@H](Cc1ccccc1)N(C)C. The van der Waals surface area contributed by atoms with Gasteiger partial charge in [0.05, 0.1) is 6.04 Å². The lowest BCUT2D eigenvalue weighted by Gasteiger charge is -2.33. The van der Waals surface area contributed by atoms with Crippen LogP contribution in [0.5, 0.6) is 5.75 Å². The first-order valence-corrected chi connectivity index (χ1v) is 14.3. The minimum absolute atomic E-state index is 0.151. The summed E-state index contributed by atoms with van der Waals surface area (Å²) in [5.41, 5.74) is 2.78. The number of carbonyl (C=O) groups is 3. The van der Waals surface area contributed by atoms with E-state index in [1.165, 1.54) is 0 Å². The number of carbonyl (C=O) groups excluding carboxylic acids is 3. The van der Waals surface area contributed by atoms with E-state index < -0.39 is 30.1 Å². The van der Waals surface area contributed by atoms with Gasteiger partial charge in [-0.15, -0.1) is 0 Å². The summed E-state index contributed by atoms with van der Waals surface area (Å²) in [4.78, 5) is 43.1. The molecule has 2 aliphatic rings. The average molecular weight is 569 g/mol. The van der Waals surface area contributed by atoms with Crippen molar-refractivity contribution in [2.45, 2.75) is 50.9 Å². The van der Waals surface area contributed by atoms with Gasteiger partial charge in [0.25, 0.3) is 0 Å². The Morgan fingerprint density at radius 2 is 1.50 bits per heavy atom. The molecule has 0 fully saturated rings. The molecule has 0 spiro atoms. The zero-order valence-corrected chi connectivity index (χ0v) is 24.6. The molecule has 2 bridgehead atoms. The van der Waals surface area contributed by atoms with Crippen LogP contribution in [0.3, 0.4) is 0 Å². The van der Waals surface area contributed by atoms with E-state index in [9.17, 15) is 14.4 Å². The zero-order valence-electron chi connectivity index (χ0n) is 24.6. The van der Waals surface area contributed by atoms with Gasteiger partial charge in [0, 0.05) is 12.6 Å². The Kier molecular flexibility index (Phi) is 10.5. The molecule has 220 valence electrons. The van der Waals surface area contributed by atoms with Gasteiger partial charge in [-0.2, -0.15) is 0 Å². The average Bonchev–Trinajstić information content (AvgIpc) is 2.98. The molecule has 3 amide bonds. The first-order chi connectivity index (χ1) is 20.2. The molecule has 3 N–H and O–H groups in total. The monoisotopic (exact) mass is 568 g/mol. The molecule has 2 aliphatic heterocycles. The Bertz CT molecular complexity index is 1360. The van der Waals surface area contributed by atoms with Gasteiger partial charge in [0.2, 0.25) is 17.7 Å². The largest absolute Gasteiger partial charge is 0.487 e. The number of fused-ring (bicyclic) bond motifs is 10. The number of hydrogen-bond acceptors (Lipinski definition) is 5. The lowest BCUT2D eigenvalue weighted by atomic mass is 9.96. The van der Waals surface area contributed by atoms with Crippen molar-refractivity contribution in [3.63, 3.8) is 0 Å². The molecule has 0 saturated carbocycles. The highest BCUT2D eigenvalue weighted by atomic mass is 16.5. The molecule has 0 aliphatic carbocycles. The van der Waals surface area contributed by atoms with Crippen molar-refractivity contribution in [2.24, 2.45) is 5.92 Å². The lowest BCUT2D eigenvalue weighted by Crippen LogP contribution is -2.62. The predicted molar refractivity (Wildman–Crippen MR) is 165 cm³/mol. The molecule has 0 saturated heterocycles. The van der Waals surface area contributed by atoms with E-state index in [0.717, 1.165) is 16.7 Å². The maximum absolute atomic E-state index is 14.1. The zero-order chi connectivity index (χ0) is 30.1. The van der Waals surface area contributed by atoms with Crippen LogP contribution < -0.4 is 20.7 Å². The molecule has 0 unspecified atom stereocenters. The molecule has 5 rings (SSSR count). The minimum atomic E-state index is -1.07.